The Kier molecular flexibility index (Phi) is 5.15. The molecule has 0 spiro atoms. The van der Waals surface area contributed by atoms with E-state index in [-0.39, 0.29) is 25.3 Å². The van der Waals surface area contributed by atoms with Crippen LogP contribution in [0.1, 0.15) is 20.8 Å². The van der Waals surface area contributed by atoms with Crippen molar-refractivity contribution >= 4 is 17.7 Å². The zero-order chi connectivity index (χ0) is 18.8. The number of ether oxygens (including phenoxy) is 2. The van der Waals surface area contributed by atoms with E-state index in [0.29, 0.717) is 0 Å². The third-order valence-corrected chi connectivity index (χ3v) is 3.24. The van der Waals surface area contributed by atoms with Crippen LogP contribution < -0.4 is 9.64 Å². The summed E-state index contributed by atoms with van der Waals surface area (Å²) in [6, 6.07) is 5.15. The molecule has 1 saturated heterocycles. The Balaban J connectivity index is 2.05. The van der Waals surface area contributed by atoms with Gasteiger partial charge in [0.2, 0.25) is 5.91 Å². The highest BCUT2D eigenvalue weighted by Crippen LogP contribution is 2.27. The molecule has 0 aliphatic carbocycles. The Morgan fingerprint density at radius 2 is 1.84 bits per heavy atom. The number of rotatable bonds is 2. The van der Waals surface area contributed by atoms with E-state index in [1.54, 1.807) is 20.8 Å². The first-order chi connectivity index (χ1) is 11.4. The largest absolute Gasteiger partial charge is 0.573 e. The van der Waals surface area contributed by atoms with Crippen molar-refractivity contribution in [1.29, 1.82) is 0 Å². The van der Waals surface area contributed by atoms with Crippen LogP contribution >= 0.6 is 0 Å². The molecule has 9 heteroatoms. The van der Waals surface area contributed by atoms with Crippen LogP contribution in [0.4, 0.5) is 23.7 Å². The van der Waals surface area contributed by atoms with E-state index in [2.05, 4.69) is 4.74 Å². The van der Waals surface area contributed by atoms with E-state index in [9.17, 15) is 22.8 Å². The normalized spacial score (nSPS) is 16.0. The zero-order valence-electron chi connectivity index (χ0n) is 14.1. The molecule has 0 atom stereocenters. The van der Waals surface area contributed by atoms with E-state index in [0.717, 1.165) is 12.1 Å². The second kappa shape index (κ2) is 6.81. The lowest BCUT2D eigenvalue weighted by atomic mass is 10.2. The van der Waals surface area contributed by atoms with Crippen LogP contribution in [0.15, 0.2) is 24.3 Å². The molecule has 1 aliphatic heterocycles. The molecule has 0 N–H and O–H groups in total. The zero-order valence-corrected chi connectivity index (χ0v) is 14.1. The number of hydrogen-bond acceptors (Lipinski definition) is 4. The molecule has 0 radical (unpaired) electrons. The molecular formula is C16H19F3N2O4. The fourth-order valence-corrected chi connectivity index (χ4v) is 2.28. The molecule has 1 heterocycles. The molecule has 1 aliphatic rings. The Labute approximate surface area is 143 Å². The first-order valence-electron chi connectivity index (χ1n) is 7.59. The van der Waals surface area contributed by atoms with Crippen molar-refractivity contribution in [3.05, 3.63) is 24.3 Å². The molecule has 0 unspecified atom stereocenters. The molecule has 0 bridgehead atoms. The van der Waals surface area contributed by atoms with Gasteiger partial charge in [0.15, 0.2) is 0 Å². The molecular weight excluding hydrogens is 341 g/mol. The number of benzene rings is 1. The smallest absolute Gasteiger partial charge is 0.444 e. The van der Waals surface area contributed by atoms with Crippen LogP contribution in [0.3, 0.4) is 0 Å². The Morgan fingerprint density at radius 3 is 2.40 bits per heavy atom. The minimum Gasteiger partial charge on any atom is -0.444 e. The van der Waals surface area contributed by atoms with Gasteiger partial charge in [0.05, 0.1) is 0 Å². The fraction of sp³-hybridized carbons (Fsp3) is 0.500. The topological polar surface area (TPSA) is 59.1 Å². The highest BCUT2D eigenvalue weighted by molar-refractivity contribution is 5.97. The summed E-state index contributed by atoms with van der Waals surface area (Å²) in [6.07, 6.45) is -5.41. The predicted octanol–water partition coefficient (Wildman–Crippen LogP) is 3.17. The summed E-state index contributed by atoms with van der Waals surface area (Å²) in [5.74, 6) is -0.825. The standard InChI is InChI=1S/C16H19F3N2O4/c1-15(2,3)25-14(23)20-7-8-21(13(22)10-20)11-5-4-6-12(9-11)24-16(17,18)19/h4-6,9H,7-8,10H2,1-3H3. The van der Waals surface area contributed by atoms with Gasteiger partial charge in [-0.15, -0.1) is 13.2 Å². The number of anilines is 1. The van der Waals surface area contributed by atoms with Gasteiger partial charge in [-0.1, -0.05) is 6.07 Å². The molecule has 25 heavy (non-hydrogen) atoms. The summed E-state index contributed by atoms with van der Waals surface area (Å²) >= 11 is 0. The van der Waals surface area contributed by atoms with Gasteiger partial charge < -0.3 is 14.4 Å². The number of carbonyl (C=O) groups excluding carboxylic acids is 2. The highest BCUT2D eigenvalue weighted by atomic mass is 19.4. The van der Waals surface area contributed by atoms with E-state index < -0.39 is 29.7 Å². The molecule has 0 aromatic heterocycles. The first kappa shape index (κ1) is 18.9. The van der Waals surface area contributed by atoms with Gasteiger partial charge in [-0.05, 0) is 32.9 Å². The summed E-state index contributed by atoms with van der Waals surface area (Å²) in [4.78, 5) is 26.9. The van der Waals surface area contributed by atoms with Crippen LogP contribution in [-0.2, 0) is 9.53 Å². The van der Waals surface area contributed by atoms with Crippen molar-refractivity contribution in [3.63, 3.8) is 0 Å². The number of nitrogens with zero attached hydrogens (tertiary/aromatic N) is 2. The summed E-state index contributed by atoms with van der Waals surface area (Å²) in [5, 5.41) is 0. The van der Waals surface area contributed by atoms with Crippen molar-refractivity contribution in [3.8, 4) is 5.75 Å². The average molecular weight is 360 g/mol. The number of hydrogen-bond donors (Lipinski definition) is 0. The van der Waals surface area contributed by atoms with Crippen molar-refractivity contribution in [1.82, 2.24) is 4.90 Å². The van der Waals surface area contributed by atoms with Gasteiger partial charge in [0, 0.05) is 24.8 Å². The number of amides is 2. The Hall–Kier alpha value is -2.45. The first-order valence-corrected chi connectivity index (χ1v) is 7.59. The van der Waals surface area contributed by atoms with Crippen molar-refractivity contribution in [2.45, 2.75) is 32.7 Å². The van der Waals surface area contributed by atoms with Crippen molar-refractivity contribution in [2.75, 3.05) is 24.5 Å². The van der Waals surface area contributed by atoms with Gasteiger partial charge >= 0.3 is 12.5 Å². The van der Waals surface area contributed by atoms with Crippen LogP contribution in [0.25, 0.3) is 0 Å². The van der Waals surface area contributed by atoms with Crippen molar-refractivity contribution < 1.29 is 32.2 Å². The summed E-state index contributed by atoms with van der Waals surface area (Å²) in [6.45, 7) is 5.30. The average Bonchev–Trinajstić information content (AvgIpc) is 2.43. The van der Waals surface area contributed by atoms with Crippen LogP contribution in [0, 0.1) is 0 Å². The van der Waals surface area contributed by atoms with Crippen LogP contribution in [0.5, 0.6) is 5.75 Å². The second-order valence-electron chi connectivity index (χ2n) is 6.49. The lowest BCUT2D eigenvalue weighted by molar-refractivity contribution is -0.274. The molecule has 6 nitrogen and oxygen atoms in total. The monoisotopic (exact) mass is 360 g/mol. The second-order valence-corrected chi connectivity index (χ2v) is 6.49. The number of carbonyl (C=O) groups is 2. The van der Waals surface area contributed by atoms with E-state index >= 15 is 0 Å². The van der Waals surface area contributed by atoms with Gasteiger partial charge in [-0.2, -0.15) is 0 Å². The van der Waals surface area contributed by atoms with Crippen molar-refractivity contribution in [2.24, 2.45) is 0 Å². The molecule has 1 aromatic rings. The van der Waals surface area contributed by atoms with E-state index in [1.807, 2.05) is 0 Å². The quantitative estimate of drug-likeness (QED) is 0.813. The third-order valence-electron chi connectivity index (χ3n) is 3.24. The van der Waals surface area contributed by atoms with Gasteiger partial charge in [0.1, 0.15) is 17.9 Å². The van der Waals surface area contributed by atoms with E-state index in [4.69, 9.17) is 4.74 Å². The number of halogens is 3. The predicted molar refractivity (Wildman–Crippen MR) is 83.3 cm³/mol. The van der Waals surface area contributed by atoms with Gasteiger partial charge in [-0.25, -0.2) is 4.79 Å². The Morgan fingerprint density at radius 1 is 1.16 bits per heavy atom. The van der Waals surface area contributed by atoms with Crippen LogP contribution in [0.2, 0.25) is 0 Å². The summed E-state index contributed by atoms with van der Waals surface area (Å²) in [5.41, 5.74) is -0.406. The molecule has 138 valence electrons. The third kappa shape index (κ3) is 5.54. The maximum atomic E-state index is 12.3. The summed E-state index contributed by atoms with van der Waals surface area (Å²) in [7, 11) is 0. The molecule has 2 amide bonds. The highest BCUT2D eigenvalue weighted by Gasteiger charge is 2.33. The minimum atomic E-state index is -4.81. The van der Waals surface area contributed by atoms with Crippen LogP contribution in [-0.4, -0.2) is 48.5 Å². The maximum absolute atomic E-state index is 12.3. The molecule has 0 saturated carbocycles. The summed E-state index contributed by atoms with van der Waals surface area (Å²) < 4.78 is 46.0. The fourth-order valence-electron chi connectivity index (χ4n) is 2.28. The maximum Gasteiger partial charge on any atom is 0.573 e. The van der Waals surface area contributed by atoms with Gasteiger partial charge in [0.25, 0.3) is 0 Å². The number of piperazine rings is 1. The van der Waals surface area contributed by atoms with Gasteiger partial charge in [-0.3, -0.25) is 9.69 Å². The molecule has 1 fully saturated rings. The lowest BCUT2D eigenvalue weighted by Crippen LogP contribution is -2.53. The Bertz CT molecular complexity index is 656. The molecule has 1 aromatic carbocycles. The molecule has 2 rings (SSSR count). The van der Waals surface area contributed by atoms with E-state index in [1.165, 1.54) is 21.9 Å². The lowest BCUT2D eigenvalue weighted by Gasteiger charge is -2.35. The number of alkyl halides is 3. The minimum absolute atomic E-state index is 0.146. The SMILES string of the molecule is CC(C)(C)OC(=O)N1CCN(c2cccc(OC(F)(F)F)c2)C(=O)C1.